The first kappa shape index (κ1) is 16.2. The third-order valence-corrected chi connectivity index (χ3v) is 4.01. The second-order valence-electron chi connectivity index (χ2n) is 5.20. The number of nitrogens with one attached hydrogen (secondary N) is 2. The molecule has 0 saturated heterocycles. The Bertz CT molecular complexity index is 600. The van der Waals surface area contributed by atoms with Crippen LogP contribution in [0.4, 0.5) is 5.69 Å². The third-order valence-electron chi connectivity index (χ3n) is 3.68. The maximum absolute atomic E-state index is 12.0. The lowest BCUT2D eigenvalue weighted by Crippen LogP contribution is -2.45. The van der Waals surface area contributed by atoms with Gasteiger partial charge in [-0.1, -0.05) is 30.9 Å². The molecule has 1 saturated carbocycles. The summed E-state index contributed by atoms with van der Waals surface area (Å²) in [6, 6.07) is 3.56. The van der Waals surface area contributed by atoms with Crippen molar-refractivity contribution in [3.05, 3.63) is 38.9 Å². The standard InChI is InChI=1S/C14H16ClN3O4/c15-12-7-6-10(18(21)22)8-11(12)14(20)17-16-13(19)9-4-2-1-3-5-9/h6-9H,1-5H2,(H,16,19)(H,17,20). The number of nitro groups is 1. The van der Waals surface area contributed by atoms with Crippen molar-refractivity contribution in [2.75, 3.05) is 0 Å². The summed E-state index contributed by atoms with van der Waals surface area (Å²) < 4.78 is 0. The molecule has 0 heterocycles. The maximum atomic E-state index is 12.0. The maximum Gasteiger partial charge on any atom is 0.271 e. The molecule has 1 aromatic carbocycles. The van der Waals surface area contributed by atoms with Crippen molar-refractivity contribution >= 4 is 29.1 Å². The van der Waals surface area contributed by atoms with E-state index in [2.05, 4.69) is 10.9 Å². The third kappa shape index (κ3) is 3.94. The summed E-state index contributed by atoms with van der Waals surface area (Å²) in [6.07, 6.45) is 4.74. The number of amides is 2. The van der Waals surface area contributed by atoms with Crippen LogP contribution in [0.1, 0.15) is 42.5 Å². The van der Waals surface area contributed by atoms with Crippen LogP contribution < -0.4 is 10.9 Å². The molecule has 0 radical (unpaired) electrons. The Kier molecular flexibility index (Phi) is 5.32. The lowest BCUT2D eigenvalue weighted by molar-refractivity contribution is -0.384. The van der Waals surface area contributed by atoms with Gasteiger partial charge in [-0.25, -0.2) is 0 Å². The van der Waals surface area contributed by atoms with Crippen LogP contribution in [-0.2, 0) is 4.79 Å². The van der Waals surface area contributed by atoms with Crippen LogP contribution in [-0.4, -0.2) is 16.7 Å². The van der Waals surface area contributed by atoms with E-state index in [1.54, 1.807) is 0 Å². The largest absolute Gasteiger partial charge is 0.273 e. The van der Waals surface area contributed by atoms with E-state index in [0.717, 1.165) is 38.2 Å². The molecule has 2 amide bonds. The number of nitrogens with zero attached hydrogens (tertiary/aromatic N) is 1. The van der Waals surface area contributed by atoms with Crippen LogP contribution in [0.2, 0.25) is 5.02 Å². The lowest BCUT2D eigenvalue weighted by Gasteiger charge is -2.20. The van der Waals surface area contributed by atoms with Crippen molar-refractivity contribution in [1.82, 2.24) is 10.9 Å². The number of hydrazine groups is 1. The predicted octanol–water partition coefficient (Wildman–Crippen LogP) is 2.59. The molecule has 0 bridgehead atoms. The van der Waals surface area contributed by atoms with Gasteiger partial charge in [-0.3, -0.25) is 30.6 Å². The molecule has 0 spiro atoms. The van der Waals surface area contributed by atoms with Crippen LogP contribution in [0.3, 0.4) is 0 Å². The fourth-order valence-electron chi connectivity index (χ4n) is 2.45. The summed E-state index contributed by atoms with van der Waals surface area (Å²) in [5.41, 5.74) is 4.32. The van der Waals surface area contributed by atoms with E-state index in [1.807, 2.05) is 0 Å². The van der Waals surface area contributed by atoms with Crippen LogP contribution in [0.5, 0.6) is 0 Å². The summed E-state index contributed by atoms with van der Waals surface area (Å²) in [5, 5.41) is 10.8. The van der Waals surface area contributed by atoms with E-state index in [-0.39, 0.29) is 28.1 Å². The molecule has 0 unspecified atom stereocenters. The average molecular weight is 326 g/mol. The number of carbonyl (C=O) groups excluding carboxylic acids is 2. The first-order valence-corrected chi connectivity index (χ1v) is 7.41. The van der Waals surface area contributed by atoms with Gasteiger partial charge < -0.3 is 0 Å². The summed E-state index contributed by atoms with van der Waals surface area (Å²) >= 11 is 5.86. The predicted molar refractivity (Wildman–Crippen MR) is 80.3 cm³/mol. The van der Waals surface area contributed by atoms with Gasteiger partial charge in [0.1, 0.15) is 0 Å². The van der Waals surface area contributed by atoms with Gasteiger partial charge in [0.2, 0.25) is 5.91 Å². The number of carbonyl (C=O) groups is 2. The summed E-state index contributed by atoms with van der Waals surface area (Å²) in [7, 11) is 0. The SMILES string of the molecule is O=C(NNC(=O)C1CCCCC1)c1cc([N+](=O)[O-])ccc1Cl. The highest BCUT2D eigenvalue weighted by Crippen LogP contribution is 2.24. The smallest absolute Gasteiger partial charge is 0.271 e. The monoisotopic (exact) mass is 325 g/mol. The van der Waals surface area contributed by atoms with Gasteiger partial charge in [0, 0.05) is 18.1 Å². The van der Waals surface area contributed by atoms with E-state index < -0.39 is 10.8 Å². The Hall–Kier alpha value is -2.15. The number of halogens is 1. The van der Waals surface area contributed by atoms with Gasteiger partial charge >= 0.3 is 0 Å². The summed E-state index contributed by atoms with van der Waals surface area (Å²) in [4.78, 5) is 34.0. The quantitative estimate of drug-likeness (QED) is 0.658. The molecule has 118 valence electrons. The van der Waals surface area contributed by atoms with E-state index in [1.165, 1.54) is 12.1 Å². The Morgan fingerprint density at radius 1 is 1.18 bits per heavy atom. The Morgan fingerprint density at radius 3 is 2.50 bits per heavy atom. The van der Waals surface area contributed by atoms with Gasteiger partial charge in [0.15, 0.2) is 0 Å². The van der Waals surface area contributed by atoms with Crippen molar-refractivity contribution in [2.24, 2.45) is 5.92 Å². The number of nitro benzene ring substituents is 1. The Labute approximate surface area is 132 Å². The molecule has 2 N–H and O–H groups in total. The molecule has 22 heavy (non-hydrogen) atoms. The normalized spacial score (nSPS) is 15.1. The number of rotatable bonds is 3. The average Bonchev–Trinajstić information content (AvgIpc) is 2.53. The first-order chi connectivity index (χ1) is 10.5. The number of benzene rings is 1. The summed E-state index contributed by atoms with van der Waals surface area (Å²) in [5.74, 6) is -1.03. The molecule has 1 aromatic rings. The van der Waals surface area contributed by atoms with Crippen molar-refractivity contribution in [3.63, 3.8) is 0 Å². The van der Waals surface area contributed by atoms with Crippen molar-refractivity contribution in [1.29, 1.82) is 0 Å². The molecule has 1 fully saturated rings. The van der Waals surface area contributed by atoms with Crippen LogP contribution >= 0.6 is 11.6 Å². The highest BCUT2D eigenvalue weighted by atomic mass is 35.5. The zero-order valence-corrected chi connectivity index (χ0v) is 12.6. The van der Waals surface area contributed by atoms with Gasteiger partial charge in [0.25, 0.3) is 11.6 Å². The van der Waals surface area contributed by atoms with Crippen LogP contribution in [0.25, 0.3) is 0 Å². The minimum atomic E-state index is -0.683. The van der Waals surface area contributed by atoms with Crippen molar-refractivity contribution < 1.29 is 14.5 Å². The van der Waals surface area contributed by atoms with Gasteiger partial charge in [-0.15, -0.1) is 0 Å². The highest BCUT2D eigenvalue weighted by Gasteiger charge is 2.22. The molecule has 0 aliphatic heterocycles. The molecular weight excluding hydrogens is 310 g/mol. The number of non-ortho nitro benzene ring substituents is 1. The second kappa shape index (κ2) is 7.22. The van der Waals surface area contributed by atoms with Gasteiger partial charge in [-0.05, 0) is 18.9 Å². The van der Waals surface area contributed by atoms with Crippen molar-refractivity contribution in [3.8, 4) is 0 Å². The lowest BCUT2D eigenvalue weighted by atomic mass is 9.89. The van der Waals surface area contributed by atoms with Crippen LogP contribution in [0, 0.1) is 16.0 Å². The minimum absolute atomic E-state index is 0.0557. The van der Waals surface area contributed by atoms with E-state index in [9.17, 15) is 19.7 Å². The highest BCUT2D eigenvalue weighted by molar-refractivity contribution is 6.34. The zero-order chi connectivity index (χ0) is 16.1. The minimum Gasteiger partial charge on any atom is -0.273 e. The van der Waals surface area contributed by atoms with Crippen molar-refractivity contribution in [2.45, 2.75) is 32.1 Å². The van der Waals surface area contributed by atoms with Gasteiger partial charge in [-0.2, -0.15) is 0 Å². The Morgan fingerprint density at radius 2 is 1.86 bits per heavy atom. The van der Waals surface area contributed by atoms with E-state index >= 15 is 0 Å². The van der Waals surface area contributed by atoms with Crippen LogP contribution in [0.15, 0.2) is 18.2 Å². The molecular formula is C14H16ClN3O4. The summed E-state index contributed by atoms with van der Waals surface area (Å²) in [6.45, 7) is 0. The topological polar surface area (TPSA) is 101 Å². The fourth-order valence-corrected chi connectivity index (χ4v) is 2.66. The fraction of sp³-hybridized carbons (Fsp3) is 0.429. The molecule has 2 rings (SSSR count). The van der Waals surface area contributed by atoms with E-state index in [0.29, 0.717) is 0 Å². The number of hydrogen-bond acceptors (Lipinski definition) is 4. The zero-order valence-electron chi connectivity index (χ0n) is 11.8. The first-order valence-electron chi connectivity index (χ1n) is 7.03. The second-order valence-corrected chi connectivity index (χ2v) is 5.61. The molecule has 0 aromatic heterocycles. The molecule has 0 atom stereocenters. The Balaban J connectivity index is 1.98. The van der Waals surface area contributed by atoms with Gasteiger partial charge in [0.05, 0.1) is 15.5 Å². The molecule has 7 nitrogen and oxygen atoms in total. The molecule has 1 aliphatic rings. The molecule has 1 aliphatic carbocycles. The van der Waals surface area contributed by atoms with E-state index in [4.69, 9.17) is 11.6 Å². The number of hydrogen-bond donors (Lipinski definition) is 2. The molecule has 8 heteroatoms.